The van der Waals surface area contributed by atoms with Crippen molar-refractivity contribution >= 4 is 17.0 Å². The predicted octanol–water partition coefficient (Wildman–Crippen LogP) is 6.20. The molecule has 0 amide bonds. The highest BCUT2D eigenvalue weighted by atomic mass is 19.1. The number of likely N-dealkylation sites (tertiary alicyclic amines) is 1. The van der Waals surface area contributed by atoms with Crippen LogP contribution in [0.3, 0.4) is 0 Å². The number of rotatable bonds is 7. The fourth-order valence-corrected chi connectivity index (χ4v) is 5.95. The number of fused-ring (bicyclic) bond motifs is 1. The van der Waals surface area contributed by atoms with Gasteiger partial charge in [-0.3, -0.25) is 0 Å². The number of dihydropyridines is 1. The molecule has 1 saturated heterocycles. The fraction of sp³-hybridized carbons (Fsp3) is 0.500. The number of imidazole rings is 1. The molecule has 0 spiro atoms. The topological polar surface area (TPSA) is 70.9 Å². The van der Waals surface area contributed by atoms with Gasteiger partial charge in [0, 0.05) is 24.2 Å². The second-order valence-corrected chi connectivity index (χ2v) is 11.4. The van der Waals surface area contributed by atoms with E-state index in [1.807, 2.05) is 31.4 Å². The van der Waals surface area contributed by atoms with Gasteiger partial charge in [0.25, 0.3) is 0 Å². The van der Waals surface area contributed by atoms with Crippen LogP contribution in [0.4, 0.5) is 14.7 Å². The number of halogens is 2. The molecule has 0 saturated carbocycles. The third-order valence-electron chi connectivity index (χ3n) is 8.25. The number of allylic oxidation sites excluding steroid dienone is 2. The molecule has 0 radical (unpaired) electrons. The average molecular weight is 536 g/mol. The number of aryl methyl sites for hydroxylation is 1. The zero-order valence-electron chi connectivity index (χ0n) is 23.7. The van der Waals surface area contributed by atoms with Crippen molar-refractivity contribution in [2.75, 3.05) is 25.0 Å². The second-order valence-electron chi connectivity index (χ2n) is 11.4. The van der Waals surface area contributed by atoms with Crippen LogP contribution in [0.5, 0.6) is 0 Å². The first-order valence-corrected chi connectivity index (χ1v) is 14.0. The van der Waals surface area contributed by atoms with Crippen LogP contribution in [-0.2, 0) is 0 Å². The first kappa shape index (κ1) is 27.2. The summed E-state index contributed by atoms with van der Waals surface area (Å²) in [5, 5.41) is 6.58. The molecule has 2 aromatic heterocycles. The van der Waals surface area contributed by atoms with E-state index in [-0.39, 0.29) is 23.2 Å². The molecule has 4 heterocycles. The van der Waals surface area contributed by atoms with Gasteiger partial charge >= 0.3 is 0 Å². The quantitative estimate of drug-likeness (QED) is 0.375. The van der Waals surface area contributed by atoms with Crippen LogP contribution in [0.15, 0.2) is 41.9 Å². The van der Waals surface area contributed by atoms with E-state index in [4.69, 9.17) is 0 Å². The summed E-state index contributed by atoms with van der Waals surface area (Å²) in [4.78, 5) is 15.5. The Morgan fingerprint density at radius 1 is 0.974 bits per heavy atom. The SMILES string of the molecule is Cc1nc2c(F)cc(-c3nc(NC4=CC=C([C@@H](C)C5CCN(C(C)C)CC5)CN4)ncc3F)cc2n1C(C)C. The minimum Gasteiger partial charge on any atom is -0.368 e. The first-order chi connectivity index (χ1) is 18.6. The van der Waals surface area contributed by atoms with E-state index in [9.17, 15) is 8.78 Å². The number of anilines is 1. The standard InChI is InChI=1S/C30H39F2N7/c1-17(2)38-11-9-21(10-12-38)19(5)22-7-8-27(33-15-22)36-30-34-16-25(32)28(37-30)23-13-24(31)29-26(14-23)39(18(3)4)20(6)35-29/h7-8,13-14,16-19,21,33H,9-12,15H2,1-6H3,(H,34,36,37)/t19-/m0/s1. The van der Waals surface area contributed by atoms with Crippen molar-refractivity contribution in [3.05, 3.63) is 59.3 Å². The number of piperidine rings is 1. The maximum atomic E-state index is 15.0. The van der Waals surface area contributed by atoms with Crippen LogP contribution >= 0.6 is 0 Å². The number of benzene rings is 1. The van der Waals surface area contributed by atoms with Crippen LogP contribution in [0.1, 0.15) is 59.3 Å². The van der Waals surface area contributed by atoms with Crippen molar-refractivity contribution in [1.29, 1.82) is 0 Å². The van der Waals surface area contributed by atoms with E-state index in [0.717, 1.165) is 31.7 Å². The Hall–Kier alpha value is -3.33. The molecule has 5 rings (SSSR count). The van der Waals surface area contributed by atoms with Gasteiger partial charge in [-0.1, -0.05) is 13.0 Å². The zero-order valence-corrected chi connectivity index (χ0v) is 23.7. The summed E-state index contributed by atoms with van der Waals surface area (Å²) in [6.45, 7) is 15.8. The van der Waals surface area contributed by atoms with E-state index in [1.165, 1.54) is 24.5 Å². The highest BCUT2D eigenvalue weighted by Crippen LogP contribution is 2.32. The van der Waals surface area contributed by atoms with Crippen molar-refractivity contribution in [1.82, 2.24) is 29.7 Å². The summed E-state index contributed by atoms with van der Waals surface area (Å²) >= 11 is 0. The van der Waals surface area contributed by atoms with Crippen molar-refractivity contribution < 1.29 is 8.78 Å². The molecule has 2 aliphatic rings. The van der Waals surface area contributed by atoms with Crippen LogP contribution in [0.25, 0.3) is 22.3 Å². The van der Waals surface area contributed by atoms with Gasteiger partial charge in [-0.25, -0.2) is 23.7 Å². The number of aromatic nitrogens is 4. The van der Waals surface area contributed by atoms with Gasteiger partial charge in [-0.2, -0.15) is 0 Å². The third-order valence-corrected chi connectivity index (χ3v) is 8.25. The first-order valence-electron chi connectivity index (χ1n) is 14.0. The second kappa shape index (κ2) is 11.0. The van der Waals surface area contributed by atoms with Crippen molar-refractivity contribution in [2.24, 2.45) is 11.8 Å². The average Bonchev–Trinajstić information content (AvgIpc) is 3.26. The molecule has 39 heavy (non-hydrogen) atoms. The molecular formula is C30H39F2N7. The normalized spacial score (nSPS) is 17.9. The molecule has 2 aliphatic heterocycles. The third kappa shape index (κ3) is 5.55. The van der Waals surface area contributed by atoms with Crippen LogP contribution in [0, 0.1) is 30.4 Å². The molecule has 7 nitrogen and oxygen atoms in total. The molecule has 0 bridgehead atoms. The summed E-state index contributed by atoms with van der Waals surface area (Å²) < 4.78 is 31.8. The monoisotopic (exact) mass is 535 g/mol. The minimum absolute atomic E-state index is 0.0384. The highest BCUT2D eigenvalue weighted by molar-refractivity contribution is 5.83. The molecule has 9 heteroatoms. The number of hydrogen-bond donors (Lipinski definition) is 2. The van der Waals surface area contributed by atoms with E-state index >= 15 is 0 Å². The Kier molecular flexibility index (Phi) is 7.71. The Morgan fingerprint density at radius 3 is 2.36 bits per heavy atom. The van der Waals surface area contributed by atoms with E-state index in [2.05, 4.69) is 57.3 Å². The smallest absolute Gasteiger partial charge is 0.229 e. The van der Waals surface area contributed by atoms with E-state index in [1.54, 1.807) is 6.07 Å². The summed E-state index contributed by atoms with van der Waals surface area (Å²) in [6, 6.07) is 3.72. The molecule has 208 valence electrons. The van der Waals surface area contributed by atoms with E-state index < -0.39 is 11.6 Å². The van der Waals surface area contributed by atoms with Gasteiger partial charge in [0.15, 0.2) is 11.6 Å². The number of nitrogens with one attached hydrogen (secondary N) is 2. The van der Waals surface area contributed by atoms with Gasteiger partial charge in [-0.15, -0.1) is 0 Å². The molecular weight excluding hydrogens is 496 g/mol. The van der Waals surface area contributed by atoms with Gasteiger partial charge in [-0.05, 0) is 96.2 Å². The van der Waals surface area contributed by atoms with Gasteiger partial charge in [0.1, 0.15) is 22.9 Å². The minimum atomic E-state index is -0.614. The van der Waals surface area contributed by atoms with Crippen LogP contribution < -0.4 is 10.6 Å². The predicted molar refractivity (Wildman–Crippen MR) is 152 cm³/mol. The molecule has 3 aromatic rings. The van der Waals surface area contributed by atoms with Gasteiger partial charge < -0.3 is 20.1 Å². The van der Waals surface area contributed by atoms with Crippen molar-refractivity contribution in [2.45, 2.75) is 66.5 Å². The Morgan fingerprint density at radius 2 is 1.72 bits per heavy atom. The number of hydrogen-bond acceptors (Lipinski definition) is 6. The summed E-state index contributed by atoms with van der Waals surface area (Å²) in [5.41, 5.74) is 2.65. The lowest BCUT2D eigenvalue weighted by atomic mass is 9.80. The summed E-state index contributed by atoms with van der Waals surface area (Å²) in [7, 11) is 0. The molecule has 1 atom stereocenters. The largest absolute Gasteiger partial charge is 0.368 e. The number of nitrogens with zero attached hydrogens (tertiary/aromatic N) is 5. The molecule has 1 aromatic carbocycles. The molecule has 0 aliphatic carbocycles. The lowest BCUT2D eigenvalue weighted by molar-refractivity contribution is 0.132. The highest BCUT2D eigenvalue weighted by Gasteiger charge is 2.27. The fourth-order valence-electron chi connectivity index (χ4n) is 5.95. The Labute approximate surface area is 229 Å². The summed E-state index contributed by atoms with van der Waals surface area (Å²) in [6.07, 6.45) is 7.72. The lowest BCUT2D eigenvalue weighted by Crippen LogP contribution is -2.40. The van der Waals surface area contributed by atoms with Gasteiger partial charge in [0.05, 0.1) is 11.7 Å². The summed E-state index contributed by atoms with van der Waals surface area (Å²) in [5.74, 6) is 1.77. The van der Waals surface area contributed by atoms with E-state index in [0.29, 0.717) is 34.8 Å². The Bertz CT molecular complexity index is 1410. The van der Waals surface area contributed by atoms with Crippen molar-refractivity contribution in [3.8, 4) is 11.3 Å². The van der Waals surface area contributed by atoms with Gasteiger partial charge in [0.2, 0.25) is 5.95 Å². The maximum Gasteiger partial charge on any atom is 0.229 e. The molecule has 2 N–H and O–H groups in total. The molecule has 0 unspecified atom stereocenters. The Balaban J connectivity index is 1.34. The van der Waals surface area contributed by atoms with Crippen LogP contribution in [0.2, 0.25) is 0 Å². The molecule has 1 fully saturated rings. The zero-order chi connectivity index (χ0) is 27.8. The maximum absolute atomic E-state index is 15.0. The van der Waals surface area contributed by atoms with Crippen molar-refractivity contribution in [3.63, 3.8) is 0 Å². The van der Waals surface area contributed by atoms with Crippen LogP contribution in [-0.4, -0.2) is 50.1 Å². The lowest BCUT2D eigenvalue weighted by Gasteiger charge is -2.38.